The summed E-state index contributed by atoms with van der Waals surface area (Å²) in [5, 5.41) is 12.8. The molecule has 0 aliphatic carbocycles. The van der Waals surface area contributed by atoms with Crippen LogP contribution in [-0.2, 0) is 0 Å². The number of nitriles is 1. The molecule has 8 nitrogen and oxygen atoms in total. The second kappa shape index (κ2) is 9.71. The Bertz CT molecular complexity index is 1110. The Labute approximate surface area is 182 Å². The van der Waals surface area contributed by atoms with E-state index in [0.29, 0.717) is 28.1 Å². The van der Waals surface area contributed by atoms with E-state index in [0.717, 1.165) is 5.69 Å². The normalized spacial score (nSPS) is 10.9. The summed E-state index contributed by atoms with van der Waals surface area (Å²) in [5.74, 6) is 1.54. The van der Waals surface area contributed by atoms with Crippen LogP contribution in [0.25, 0.3) is 11.6 Å². The van der Waals surface area contributed by atoms with Crippen LogP contribution in [0.3, 0.4) is 0 Å². The largest absolute Gasteiger partial charge is 0.493 e. The van der Waals surface area contributed by atoms with Crippen LogP contribution in [0.15, 0.2) is 46.9 Å². The van der Waals surface area contributed by atoms with Crippen LogP contribution in [0.5, 0.6) is 11.5 Å². The molecule has 0 saturated heterocycles. The van der Waals surface area contributed by atoms with Gasteiger partial charge in [0.05, 0.1) is 23.8 Å². The Morgan fingerprint density at radius 1 is 1.23 bits per heavy atom. The molecule has 1 heterocycles. The number of nitrogens with one attached hydrogen (secondary N) is 1. The molecule has 0 aliphatic rings. The Balaban J connectivity index is 1.99. The van der Waals surface area contributed by atoms with Crippen molar-refractivity contribution in [3.05, 3.63) is 58.3 Å². The van der Waals surface area contributed by atoms with Crippen molar-refractivity contribution in [2.75, 3.05) is 24.8 Å². The number of hydrogen-bond donors (Lipinski definition) is 2. The highest BCUT2D eigenvalue weighted by atomic mass is 79.9. The molecular formula is C21H19BrN6O2. The summed E-state index contributed by atoms with van der Waals surface area (Å²) in [6.07, 6.45) is 1.64. The third kappa shape index (κ3) is 5.04. The van der Waals surface area contributed by atoms with Crippen molar-refractivity contribution in [2.45, 2.75) is 6.92 Å². The van der Waals surface area contributed by atoms with Crippen LogP contribution in [0.2, 0.25) is 0 Å². The van der Waals surface area contributed by atoms with E-state index in [1.807, 2.05) is 43.3 Å². The molecule has 3 aromatic rings. The van der Waals surface area contributed by atoms with Crippen LogP contribution in [0, 0.1) is 11.3 Å². The van der Waals surface area contributed by atoms with Gasteiger partial charge in [-0.3, -0.25) is 0 Å². The number of anilines is 3. The van der Waals surface area contributed by atoms with E-state index in [9.17, 15) is 5.26 Å². The quantitative estimate of drug-likeness (QED) is 0.490. The summed E-state index contributed by atoms with van der Waals surface area (Å²) in [6, 6.07) is 15.1. The van der Waals surface area contributed by atoms with Crippen LogP contribution in [-0.4, -0.2) is 28.7 Å². The number of nitrogens with zero attached hydrogens (tertiary/aromatic N) is 4. The monoisotopic (exact) mass is 466 g/mol. The van der Waals surface area contributed by atoms with E-state index in [4.69, 9.17) is 15.2 Å². The van der Waals surface area contributed by atoms with Gasteiger partial charge in [0.1, 0.15) is 6.07 Å². The first kappa shape index (κ1) is 21.1. The lowest BCUT2D eigenvalue weighted by Crippen LogP contribution is -2.06. The highest BCUT2D eigenvalue weighted by Gasteiger charge is 2.13. The van der Waals surface area contributed by atoms with Crippen LogP contribution in [0.1, 0.15) is 18.3 Å². The minimum absolute atomic E-state index is 0.00466. The van der Waals surface area contributed by atoms with Gasteiger partial charge in [0.25, 0.3) is 0 Å². The molecule has 152 valence electrons. The number of hydrogen-bond acceptors (Lipinski definition) is 8. The van der Waals surface area contributed by atoms with Gasteiger partial charge < -0.3 is 20.5 Å². The second-order valence-corrected chi connectivity index (χ2v) is 6.82. The van der Waals surface area contributed by atoms with Crippen LogP contribution in [0.4, 0.5) is 17.6 Å². The molecule has 0 radical (unpaired) electrons. The maximum absolute atomic E-state index is 9.70. The minimum Gasteiger partial charge on any atom is -0.493 e. The summed E-state index contributed by atoms with van der Waals surface area (Å²) >= 11 is 3.48. The summed E-state index contributed by atoms with van der Waals surface area (Å²) in [7, 11) is 1.55. The maximum atomic E-state index is 9.70. The number of rotatable bonds is 7. The van der Waals surface area contributed by atoms with Crippen molar-refractivity contribution < 1.29 is 9.47 Å². The van der Waals surface area contributed by atoms with Gasteiger partial charge in [0, 0.05) is 5.69 Å². The molecular weight excluding hydrogens is 448 g/mol. The molecule has 0 atom stereocenters. The first-order valence-electron chi connectivity index (χ1n) is 9.00. The Morgan fingerprint density at radius 3 is 2.67 bits per heavy atom. The van der Waals surface area contributed by atoms with Crippen LogP contribution < -0.4 is 20.5 Å². The number of para-hydroxylation sites is 1. The summed E-state index contributed by atoms with van der Waals surface area (Å²) in [6.45, 7) is 2.38. The average Bonchev–Trinajstić information content (AvgIpc) is 2.74. The fourth-order valence-electron chi connectivity index (χ4n) is 2.64. The number of ether oxygens (including phenoxy) is 2. The van der Waals surface area contributed by atoms with Crippen molar-refractivity contribution in [3.8, 4) is 17.6 Å². The maximum Gasteiger partial charge on any atom is 0.232 e. The third-order valence-corrected chi connectivity index (χ3v) is 4.48. The van der Waals surface area contributed by atoms with E-state index in [1.165, 1.54) is 0 Å². The Kier molecular flexibility index (Phi) is 6.83. The van der Waals surface area contributed by atoms with Gasteiger partial charge >= 0.3 is 0 Å². The van der Waals surface area contributed by atoms with Gasteiger partial charge in [-0.25, -0.2) is 0 Å². The van der Waals surface area contributed by atoms with Gasteiger partial charge in [-0.15, -0.1) is 0 Å². The molecule has 0 amide bonds. The molecule has 0 saturated carbocycles. The fraction of sp³-hybridized carbons (Fsp3) is 0.143. The molecule has 0 bridgehead atoms. The number of benzene rings is 2. The summed E-state index contributed by atoms with van der Waals surface area (Å²) < 4.78 is 11.7. The number of halogens is 1. The number of nitrogens with two attached hydrogens (primary N) is 1. The fourth-order valence-corrected chi connectivity index (χ4v) is 3.21. The average molecular weight is 467 g/mol. The number of aromatic nitrogens is 3. The molecule has 9 heteroatoms. The first-order valence-corrected chi connectivity index (χ1v) is 9.79. The summed E-state index contributed by atoms with van der Waals surface area (Å²) in [5.41, 5.74) is 7.55. The van der Waals surface area contributed by atoms with Gasteiger partial charge in [-0.05, 0) is 58.8 Å². The molecule has 1 aromatic heterocycles. The molecule has 0 aliphatic heterocycles. The van der Waals surface area contributed by atoms with E-state index in [1.54, 1.807) is 19.3 Å². The van der Waals surface area contributed by atoms with Crippen molar-refractivity contribution in [1.82, 2.24) is 15.0 Å². The molecule has 30 heavy (non-hydrogen) atoms. The number of nitrogen functional groups attached to an aromatic ring is 1. The number of methoxy groups -OCH3 is 1. The smallest absolute Gasteiger partial charge is 0.232 e. The van der Waals surface area contributed by atoms with Crippen molar-refractivity contribution in [2.24, 2.45) is 0 Å². The van der Waals surface area contributed by atoms with Crippen LogP contribution >= 0.6 is 15.9 Å². The van der Waals surface area contributed by atoms with Gasteiger partial charge in [-0.1, -0.05) is 18.2 Å². The topological polar surface area (TPSA) is 119 Å². The highest BCUT2D eigenvalue weighted by molar-refractivity contribution is 9.10. The molecule has 3 N–H and O–H groups in total. The molecule has 3 rings (SSSR count). The van der Waals surface area contributed by atoms with E-state index >= 15 is 0 Å². The zero-order valence-electron chi connectivity index (χ0n) is 16.4. The Morgan fingerprint density at radius 2 is 2.00 bits per heavy atom. The van der Waals surface area contributed by atoms with Crippen molar-refractivity contribution >= 4 is 45.2 Å². The zero-order chi connectivity index (χ0) is 21.5. The van der Waals surface area contributed by atoms with Crippen molar-refractivity contribution in [3.63, 3.8) is 0 Å². The molecule has 0 fully saturated rings. The lowest BCUT2D eigenvalue weighted by atomic mass is 10.1. The predicted octanol–water partition coefficient (Wildman–Crippen LogP) is 4.43. The van der Waals surface area contributed by atoms with Gasteiger partial charge in [0.15, 0.2) is 17.3 Å². The molecule has 0 unspecified atom stereocenters. The van der Waals surface area contributed by atoms with Gasteiger partial charge in [0.2, 0.25) is 11.9 Å². The van der Waals surface area contributed by atoms with E-state index in [-0.39, 0.29) is 23.3 Å². The lowest BCUT2D eigenvalue weighted by Gasteiger charge is -2.12. The highest BCUT2D eigenvalue weighted by Crippen LogP contribution is 2.37. The van der Waals surface area contributed by atoms with E-state index in [2.05, 4.69) is 42.3 Å². The third-order valence-electron chi connectivity index (χ3n) is 3.90. The van der Waals surface area contributed by atoms with E-state index < -0.39 is 0 Å². The predicted molar refractivity (Wildman–Crippen MR) is 119 cm³/mol. The SMILES string of the molecule is CCOc1c(Br)cc(/C=C(\C#N)c2nc(N)nc(Nc3ccccc3)n2)cc1OC. The summed E-state index contributed by atoms with van der Waals surface area (Å²) in [4.78, 5) is 12.5. The first-order chi connectivity index (χ1) is 14.5. The second-order valence-electron chi connectivity index (χ2n) is 5.97. The lowest BCUT2D eigenvalue weighted by molar-refractivity contribution is 0.309. The van der Waals surface area contributed by atoms with Gasteiger partial charge in [-0.2, -0.15) is 20.2 Å². The molecule has 0 spiro atoms. The Hall–Kier alpha value is -3.64. The number of allylic oxidation sites excluding steroid dienone is 1. The minimum atomic E-state index is 0.00466. The molecule has 2 aromatic carbocycles. The zero-order valence-corrected chi connectivity index (χ0v) is 18.0. The van der Waals surface area contributed by atoms with Crippen molar-refractivity contribution in [1.29, 1.82) is 5.26 Å². The standard InChI is InChI=1S/C21H19BrN6O2/c1-3-30-18-16(22)10-13(11-17(18)29-2)9-14(12-23)19-26-20(24)28-21(27-19)25-15-7-5-4-6-8-15/h4-11H,3H2,1-2H3,(H3,24,25,26,27,28)/b14-9+.